The summed E-state index contributed by atoms with van der Waals surface area (Å²) in [6.07, 6.45) is 5.33. The van der Waals surface area contributed by atoms with Crippen LogP contribution in [0.5, 0.6) is 0 Å². The van der Waals surface area contributed by atoms with Crippen LogP contribution >= 0.6 is 35.8 Å². The van der Waals surface area contributed by atoms with Crippen LogP contribution in [-0.2, 0) is 0 Å². The van der Waals surface area contributed by atoms with Gasteiger partial charge in [0.25, 0.3) is 0 Å². The molecular weight excluding hydrogens is 210 g/mol. The summed E-state index contributed by atoms with van der Waals surface area (Å²) in [7, 11) is 0. The van der Waals surface area contributed by atoms with E-state index in [-0.39, 0.29) is 0 Å². The van der Waals surface area contributed by atoms with Crippen molar-refractivity contribution in [1.29, 1.82) is 0 Å². The quantitative estimate of drug-likeness (QED) is 0.594. The minimum absolute atomic E-state index is 0.676. The molecule has 0 amide bonds. The monoisotopic (exact) mass is 217 g/mol. The van der Waals surface area contributed by atoms with Crippen LogP contribution in [0, 0.1) is 8.73 Å². The fraction of sp³-hybridized carbons (Fsp3) is 0. The topological polar surface area (TPSA) is 47.4 Å². The van der Waals surface area contributed by atoms with Crippen molar-refractivity contribution >= 4 is 35.8 Å². The van der Waals surface area contributed by atoms with Crippen molar-refractivity contribution in [2.75, 3.05) is 0 Å². The normalized spacial score (nSPS) is 8.67. The Bertz CT molecular complexity index is 334. The largest absolute Gasteiger partial charge is 0.344 e. The summed E-state index contributed by atoms with van der Waals surface area (Å²) >= 11 is 10.9. The van der Waals surface area contributed by atoms with Gasteiger partial charge in [-0.2, -0.15) is 0 Å². The van der Waals surface area contributed by atoms with E-state index in [1.165, 1.54) is 11.3 Å². The molecule has 0 aliphatic carbocycles. The second-order valence-electron chi connectivity index (χ2n) is 1.80. The van der Waals surface area contributed by atoms with Gasteiger partial charge in [0, 0.05) is 24.0 Å². The minimum atomic E-state index is 0.676. The average Bonchev–Trinajstić information content (AvgIpc) is 2.63. The predicted octanol–water partition coefficient (Wildman–Crippen LogP) is 2.88. The molecule has 0 atom stereocenters. The van der Waals surface area contributed by atoms with Crippen molar-refractivity contribution in [3.63, 3.8) is 0 Å². The number of H-pyrrole nitrogens is 3. The fourth-order valence-corrected chi connectivity index (χ4v) is 1.27. The highest BCUT2D eigenvalue weighted by Crippen LogP contribution is 1.92. The summed E-state index contributed by atoms with van der Waals surface area (Å²) in [4.78, 5) is 8.35. The van der Waals surface area contributed by atoms with Crippen molar-refractivity contribution in [3.05, 3.63) is 32.7 Å². The van der Waals surface area contributed by atoms with E-state index < -0.39 is 0 Å². The second kappa shape index (κ2) is 5.02. The number of imidazole rings is 1. The van der Waals surface area contributed by atoms with Crippen molar-refractivity contribution in [2.24, 2.45) is 0 Å². The van der Waals surface area contributed by atoms with Gasteiger partial charge in [-0.15, -0.1) is 11.3 Å². The molecule has 2 rings (SSSR count). The maximum Gasteiger partial charge on any atom is 0.174 e. The van der Waals surface area contributed by atoms with Gasteiger partial charge in [-0.1, -0.05) is 0 Å². The first kappa shape index (κ1) is 9.37. The highest BCUT2D eigenvalue weighted by Gasteiger charge is 1.67. The van der Waals surface area contributed by atoms with Crippen LogP contribution in [-0.4, -0.2) is 15.0 Å². The van der Waals surface area contributed by atoms with Gasteiger partial charge in [0.05, 0.1) is 0 Å². The second-order valence-corrected chi connectivity index (χ2v) is 3.79. The molecular formula is C6H7N3S3. The van der Waals surface area contributed by atoms with Crippen LogP contribution in [0.2, 0.25) is 0 Å². The third-order valence-corrected chi connectivity index (χ3v) is 2.20. The molecule has 2 heterocycles. The molecule has 0 unspecified atom stereocenters. The summed E-state index contributed by atoms with van der Waals surface area (Å²) in [6.45, 7) is 0. The van der Waals surface area contributed by atoms with Gasteiger partial charge in [0.1, 0.15) is 0 Å². The van der Waals surface area contributed by atoms with Gasteiger partial charge in [-0.05, 0) is 24.4 Å². The van der Waals surface area contributed by atoms with E-state index in [9.17, 15) is 0 Å². The Kier molecular flexibility index (Phi) is 3.92. The van der Waals surface area contributed by atoms with Gasteiger partial charge in [-0.25, -0.2) is 0 Å². The molecule has 0 aliphatic heterocycles. The summed E-state index contributed by atoms with van der Waals surface area (Å²) in [5.74, 6) is 0. The molecule has 3 nitrogen and oxygen atoms in total. The number of rotatable bonds is 0. The molecule has 2 aromatic heterocycles. The predicted molar refractivity (Wildman–Crippen MR) is 55.5 cm³/mol. The molecule has 0 radical (unpaired) electrons. The van der Waals surface area contributed by atoms with E-state index in [1.54, 1.807) is 12.4 Å². The smallest absolute Gasteiger partial charge is 0.174 e. The van der Waals surface area contributed by atoms with Crippen LogP contribution in [0.1, 0.15) is 0 Å². The van der Waals surface area contributed by atoms with E-state index in [2.05, 4.69) is 27.2 Å². The number of hydrogen-bond acceptors (Lipinski definition) is 3. The molecule has 2 aromatic rings. The molecule has 0 aliphatic rings. The summed E-state index contributed by atoms with van der Waals surface area (Å²) in [5, 5.41) is 1.92. The van der Waals surface area contributed by atoms with Gasteiger partial charge in [0.15, 0.2) is 8.73 Å². The van der Waals surface area contributed by atoms with E-state index in [1.807, 2.05) is 11.6 Å². The van der Waals surface area contributed by atoms with Crippen LogP contribution in [0.3, 0.4) is 0 Å². The lowest BCUT2D eigenvalue weighted by Crippen LogP contribution is -1.54. The van der Waals surface area contributed by atoms with Gasteiger partial charge >= 0.3 is 0 Å². The molecule has 3 N–H and O–H groups in total. The zero-order valence-corrected chi connectivity index (χ0v) is 8.48. The van der Waals surface area contributed by atoms with E-state index in [4.69, 9.17) is 12.2 Å². The third kappa shape index (κ3) is 3.61. The first-order valence-corrected chi connectivity index (χ1v) is 4.83. The number of aromatic nitrogens is 3. The highest BCUT2D eigenvalue weighted by molar-refractivity contribution is 7.73. The molecule has 0 aromatic carbocycles. The first-order valence-electron chi connectivity index (χ1n) is 3.13. The lowest BCUT2D eigenvalue weighted by atomic mass is 11.0. The minimum Gasteiger partial charge on any atom is -0.344 e. The molecule has 0 spiro atoms. The molecule has 0 saturated carbocycles. The average molecular weight is 217 g/mol. The molecule has 0 bridgehead atoms. The standard InChI is InChI=1S/C3H4N2S.C3H3NS2/c6-3-4-1-2-5-3;5-3-4-1-2-6-3/h1-2H,(H2,4,5,6);1-2H,(H,4,5). The number of hydrogen-bond donors (Lipinski definition) is 3. The van der Waals surface area contributed by atoms with E-state index in [0.717, 1.165) is 3.95 Å². The highest BCUT2D eigenvalue weighted by atomic mass is 32.1. The van der Waals surface area contributed by atoms with Gasteiger partial charge < -0.3 is 15.0 Å². The molecule has 0 saturated heterocycles. The van der Waals surface area contributed by atoms with Crippen molar-refractivity contribution in [2.45, 2.75) is 0 Å². The maximum atomic E-state index is 4.71. The van der Waals surface area contributed by atoms with Crippen molar-refractivity contribution in [1.82, 2.24) is 15.0 Å². The summed E-state index contributed by atoms with van der Waals surface area (Å²) < 4.78 is 1.52. The summed E-state index contributed by atoms with van der Waals surface area (Å²) in [5.41, 5.74) is 0. The summed E-state index contributed by atoms with van der Waals surface area (Å²) in [6, 6.07) is 0. The zero-order valence-electron chi connectivity index (χ0n) is 6.03. The molecule has 6 heteroatoms. The van der Waals surface area contributed by atoms with Gasteiger partial charge in [-0.3, -0.25) is 0 Å². The Morgan fingerprint density at radius 3 is 1.83 bits per heavy atom. The van der Waals surface area contributed by atoms with Crippen molar-refractivity contribution < 1.29 is 0 Å². The Balaban J connectivity index is 0.000000120. The lowest BCUT2D eigenvalue weighted by molar-refractivity contribution is 1.27. The van der Waals surface area contributed by atoms with Crippen LogP contribution in [0.15, 0.2) is 24.0 Å². The van der Waals surface area contributed by atoms with Gasteiger partial charge in [0.2, 0.25) is 0 Å². The first-order chi connectivity index (χ1) is 5.79. The zero-order chi connectivity index (χ0) is 8.81. The SMILES string of the molecule is S=c1[nH]cc[nH]1.S=c1[nH]ccs1. The Labute approximate surface area is 83.5 Å². The Morgan fingerprint density at radius 1 is 1.00 bits per heavy atom. The van der Waals surface area contributed by atoms with Crippen LogP contribution in [0.25, 0.3) is 0 Å². The number of nitrogens with one attached hydrogen (secondary N) is 3. The third-order valence-electron chi connectivity index (χ3n) is 0.956. The van der Waals surface area contributed by atoms with Crippen molar-refractivity contribution in [3.8, 4) is 0 Å². The lowest BCUT2D eigenvalue weighted by Gasteiger charge is -1.56. The van der Waals surface area contributed by atoms with Crippen LogP contribution < -0.4 is 0 Å². The Hall–Kier alpha value is -0.720. The van der Waals surface area contributed by atoms with E-state index in [0.29, 0.717) is 4.77 Å². The maximum absolute atomic E-state index is 4.71. The van der Waals surface area contributed by atoms with E-state index >= 15 is 0 Å². The fourth-order valence-electron chi connectivity index (χ4n) is 0.508. The molecule has 0 fully saturated rings. The number of aromatic amines is 3. The molecule has 64 valence electrons. The number of thiazole rings is 1. The van der Waals surface area contributed by atoms with Crippen LogP contribution in [0.4, 0.5) is 0 Å². The Morgan fingerprint density at radius 2 is 1.67 bits per heavy atom. The molecule has 12 heavy (non-hydrogen) atoms.